The fourth-order valence-electron chi connectivity index (χ4n) is 4.40. The Kier molecular flexibility index (Phi) is 4.55. The van der Waals surface area contributed by atoms with Crippen molar-refractivity contribution < 1.29 is 26.4 Å². The molecule has 3 heterocycles. The Morgan fingerprint density at radius 3 is 2.55 bits per heavy atom. The highest BCUT2D eigenvalue weighted by Crippen LogP contribution is 2.41. The second-order valence-corrected chi connectivity index (χ2v) is 10.6. The average molecular weight is 479 g/mol. The Hall–Kier alpha value is -3.15. The van der Waals surface area contributed by atoms with E-state index >= 15 is 0 Å². The van der Waals surface area contributed by atoms with Crippen molar-refractivity contribution in [1.82, 2.24) is 19.3 Å². The summed E-state index contributed by atoms with van der Waals surface area (Å²) in [7, 11) is -3.82. The van der Waals surface area contributed by atoms with Gasteiger partial charge in [0.05, 0.1) is 22.3 Å². The number of halogens is 3. The fourth-order valence-corrected chi connectivity index (χ4v) is 5.33. The second kappa shape index (κ2) is 6.92. The molecule has 1 atom stereocenters. The van der Waals surface area contributed by atoms with E-state index < -0.39 is 27.5 Å². The summed E-state index contributed by atoms with van der Waals surface area (Å²) >= 11 is 0. The molecule has 1 unspecified atom stereocenters. The number of imidazole rings is 1. The molecule has 1 fully saturated rings. The molecule has 1 saturated carbocycles. The van der Waals surface area contributed by atoms with E-state index in [0.29, 0.717) is 17.0 Å². The molecule has 2 N–H and O–H groups in total. The van der Waals surface area contributed by atoms with E-state index in [2.05, 4.69) is 9.97 Å². The summed E-state index contributed by atoms with van der Waals surface area (Å²) in [6.45, 7) is 2.18. The van der Waals surface area contributed by atoms with Gasteiger partial charge in [-0.15, -0.1) is 0 Å². The van der Waals surface area contributed by atoms with Crippen LogP contribution >= 0.6 is 0 Å². The van der Waals surface area contributed by atoms with Crippen LogP contribution in [0.15, 0.2) is 29.4 Å². The van der Waals surface area contributed by atoms with Crippen LogP contribution in [0.4, 0.5) is 19.0 Å². The van der Waals surface area contributed by atoms with Crippen LogP contribution in [-0.4, -0.2) is 45.9 Å². The first-order chi connectivity index (χ1) is 15.4. The number of alkyl halides is 3. The summed E-state index contributed by atoms with van der Waals surface area (Å²) in [5.41, 5.74) is 5.67. The van der Waals surface area contributed by atoms with Gasteiger partial charge in [-0.05, 0) is 43.4 Å². The maximum absolute atomic E-state index is 13.3. The van der Waals surface area contributed by atoms with Crippen molar-refractivity contribution in [3.05, 3.63) is 41.3 Å². The van der Waals surface area contributed by atoms with Crippen molar-refractivity contribution >= 4 is 27.2 Å². The molecular weight excluding hydrogens is 459 g/mol. The fraction of sp³-hybridized carbons (Fsp3) is 0.381. The number of nitrogens with two attached hydrogens (primary N) is 1. The van der Waals surface area contributed by atoms with Gasteiger partial charge in [0.2, 0.25) is 0 Å². The SMILES string of the molecule is CC(C1CC1)N1Cc2cc(-c3cnc4c(N)nc(C(F)(F)F)cn34)cc(S(C)(=O)=O)c2C1=O. The number of sulfone groups is 1. The Bertz CT molecular complexity index is 1430. The van der Waals surface area contributed by atoms with Crippen molar-refractivity contribution in [2.24, 2.45) is 5.92 Å². The van der Waals surface area contributed by atoms with Crippen LogP contribution in [0.2, 0.25) is 0 Å². The van der Waals surface area contributed by atoms with Gasteiger partial charge < -0.3 is 10.6 Å². The number of rotatable bonds is 4. The van der Waals surface area contributed by atoms with Gasteiger partial charge in [-0.25, -0.2) is 18.4 Å². The Morgan fingerprint density at radius 2 is 1.94 bits per heavy atom. The number of nitrogens with zero attached hydrogens (tertiary/aromatic N) is 4. The molecule has 0 bridgehead atoms. The molecule has 2 aliphatic rings. The highest BCUT2D eigenvalue weighted by molar-refractivity contribution is 7.90. The summed E-state index contributed by atoms with van der Waals surface area (Å²) < 4.78 is 66.3. The van der Waals surface area contributed by atoms with Gasteiger partial charge in [0.25, 0.3) is 5.91 Å². The third kappa shape index (κ3) is 3.52. The van der Waals surface area contributed by atoms with Gasteiger partial charge >= 0.3 is 6.18 Å². The van der Waals surface area contributed by atoms with Crippen molar-refractivity contribution in [2.45, 2.75) is 43.4 Å². The molecule has 3 aromatic rings. The number of carbonyl (C=O) groups is 1. The van der Waals surface area contributed by atoms with Crippen molar-refractivity contribution in [3.63, 3.8) is 0 Å². The molecule has 1 aliphatic heterocycles. The molecule has 1 amide bonds. The normalized spacial score (nSPS) is 17.6. The molecule has 5 rings (SSSR count). The number of nitrogen functional groups attached to an aromatic ring is 1. The van der Waals surface area contributed by atoms with Crippen LogP contribution in [0.25, 0.3) is 16.9 Å². The third-order valence-corrected chi connectivity index (χ3v) is 7.42. The van der Waals surface area contributed by atoms with Crippen molar-refractivity contribution in [2.75, 3.05) is 12.0 Å². The predicted molar refractivity (Wildman–Crippen MR) is 113 cm³/mol. The topological polar surface area (TPSA) is 111 Å². The minimum absolute atomic E-state index is 0.0134. The number of carbonyl (C=O) groups excluding carboxylic acids is 1. The summed E-state index contributed by atoms with van der Waals surface area (Å²) in [6.07, 6.45) is 0.391. The quantitative estimate of drug-likeness (QED) is 0.616. The van der Waals surface area contributed by atoms with E-state index in [1.54, 1.807) is 11.0 Å². The maximum Gasteiger partial charge on any atom is 0.434 e. The zero-order valence-corrected chi connectivity index (χ0v) is 18.5. The summed E-state index contributed by atoms with van der Waals surface area (Å²) in [6, 6.07) is 2.91. The summed E-state index contributed by atoms with van der Waals surface area (Å²) in [5, 5.41) is 0. The van der Waals surface area contributed by atoms with E-state index in [9.17, 15) is 26.4 Å². The van der Waals surface area contributed by atoms with Crippen LogP contribution in [0.3, 0.4) is 0 Å². The molecule has 12 heteroatoms. The Labute approximate surface area is 187 Å². The minimum Gasteiger partial charge on any atom is -0.381 e. The first kappa shape index (κ1) is 21.7. The van der Waals surface area contributed by atoms with Crippen molar-refractivity contribution in [3.8, 4) is 11.3 Å². The number of fused-ring (bicyclic) bond motifs is 2. The number of benzene rings is 1. The highest BCUT2D eigenvalue weighted by Gasteiger charge is 2.41. The number of anilines is 1. The summed E-state index contributed by atoms with van der Waals surface area (Å²) in [5.74, 6) is -0.359. The van der Waals surface area contributed by atoms with Crippen LogP contribution in [0.1, 0.15) is 41.4 Å². The van der Waals surface area contributed by atoms with E-state index in [4.69, 9.17) is 5.73 Å². The molecule has 0 spiro atoms. The number of aromatic nitrogens is 3. The molecule has 0 saturated heterocycles. The maximum atomic E-state index is 13.3. The van der Waals surface area contributed by atoms with Gasteiger partial charge in [0.1, 0.15) is 0 Å². The van der Waals surface area contributed by atoms with Crippen molar-refractivity contribution in [1.29, 1.82) is 0 Å². The smallest absolute Gasteiger partial charge is 0.381 e. The molecule has 33 heavy (non-hydrogen) atoms. The lowest BCUT2D eigenvalue weighted by Crippen LogP contribution is -2.35. The molecule has 0 radical (unpaired) electrons. The standard InChI is InChI=1S/C21H20F3N5O3S/c1-10(11-3-4-11)28-8-13-5-12(6-15(33(2,31)32)17(13)20(28)30)14-7-26-19-18(25)27-16(9-29(14)19)21(22,23)24/h5-7,9-11H,3-4,8H2,1-2H3,(H2,25,27). The number of hydrogen-bond donors (Lipinski definition) is 1. The van der Waals surface area contributed by atoms with E-state index in [1.165, 1.54) is 12.3 Å². The third-order valence-electron chi connectivity index (χ3n) is 6.30. The van der Waals surface area contributed by atoms with E-state index in [1.807, 2.05) is 6.92 Å². The number of hydrogen-bond acceptors (Lipinski definition) is 6. The van der Waals surface area contributed by atoms with Gasteiger partial charge in [-0.3, -0.25) is 9.20 Å². The minimum atomic E-state index is -4.73. The molecular formula is C21H20F3N5O3S. The van der Waals surface area contributed by atoms with Gasteiger partial charge in [0.15, 0.2) is 27.0 Å². The monoisotopic (exact) mass is 479 g/mol. The van der Waals surface area contributed by atoms with Crippen LogP contribution in [0, 0.1) is 5.92 Å². The van der Waals surface area contributed by atoms with Gasteiger partial charge in [-0.2, -0.15) is 13.2 Å². The van der Waals surface area contributed by atoms with Crippen LogP contribution in [0.5, 0.6) is 0 Å². The lowest BCUT2D eigenvalue weighted by atomic mass is 10.0. The highest BCUT2D eigenvalue weighted by atomic mass is 32.2. The molecule has 8 nitrogen and oxygen atoms in total. The lowest BCUT2D eigenvalue weighted by Gasteiger charge is -2.24. The van der Waals surface area contributed by atoms with E-state index in [-0.39, 0.29) is 40.3 Å². The first-order valence-electron chi connectivity index (χ1n) is 10.3. The zero-order chi connectivity index (χ0) is 23.9. The predicted octanol–water partition coefficient (Wildman–Crippen LogP) is 3.16. The largest absolute Gasteiger partial charge is 0.434 e. The second-order valence-electron chi connectivity index (χ2n) is 8.64. The van der Waals surface area contributed by atoms with Gasteiger partial charge in [-0.1, -0.05) is 0 Å². The number of amides is 1. The molecule has 1 aliphatic carbocycles. The van der Waals surface area contributed by atoms with Crippen LogP contribution < -0.4 is 5.73 Å². The molecule has 1 aromatic carbocycles. The van der Waals surface area contributed by atoms with Crippen LogP contribution in [-0.2, 0) is 22.6 Å². The Balaban J connectivity index is 1.70. The first-order valence-corrected chi connectivity index (χ1v) is 12.1. The average Bonchev–Trinajstić information content (AvgIpc) is 3.39. The Morgan fingerprint density at radius 1 is 1.24 bits per heavy atom. The van der Waals surface area contributed by atoms with E-state index in [0.717, 1.165) is 29.7 Å². The lowest BCUT2D eigenvalue weighted by molar-refractivity contribution is -0.141. The van der Waals surface area contributed by atoms with Gasteiger partial charge in [0, 0.05) is 30.6 Å². The zero-order valence-electron chi connectivity index (χ0n) is 17.7. The molecule has 174 valence electrons. The molecule has 2 aromatic heterocycles. The summed E-state index contributed by atoms with van der Waals surface area (Å²) in [4.78, 5) is 22.1.